The van der Waals surface area contributed by atoms with Crippen molar-refractivity contribution in [3.8, 4) is 0 Å². The van der Waals surface area contributed by atoms with Gasteiger partial charge in [-0.2, -0.15) is 10.1 Å². The summed E-state index contributed by atoms with van der Waals surface area (Å²) in [7, 11) is 1.83. The van der Waals surface area contributed by atoms with Gasteiger partial charge in [-0.1, -0.05) is 31.2 Å². The minimum Gasteiger partial charge on any atom is -0.317 e. The van der Waals surface area contributed by atoms with Crippen molar-refractivity contribution in [2.45, 2.75) is 44.9 Å². The molecule has 0 spiro atoms. The van der Waals surface area contributed by atoms with Crippen molar-refractivity contribution < 1.29 is 4.79 Å². The Kier molecular flexibility index (Phi) is 5.48. The van der Waals surface area contributed by atoms with Crippen LogP contribution >= 0.6 is 0 Å². The van der Waals surface area contributed by atoms with Gasteiger partial charge in [-0.25, -0.2) is 4.68 Å². The highest BCUT2D eigenvalue weighted by Crippen LogP contribution is 2.25. The van der Waals surface area contributed by atoms with E-state index in [2.05, 4.69) is 46.7 Å². The van der Waals surface area contributed by atoms with E-state index in [-0.39, 0.29) is 11.8 Å². The molecule has 1 unspecified atom stereocenters. The molecule has 25 heavy (non-hydrogen) atoms. The van der Waals surface area contributed by atoms with Gasteiger partial charge in [-0.15, -0.1) is 0 Å². The molecule has 134 valence electrons. The van der Waals surface area contributed by atoms with E-state index in [9.17, 15) is 4.79 Å². The highest BCUT2D eigenvalue weighted by atomic mass is 16.1. The summed E-state index contributed by atoms with van der Waals surface area (Å²) in [4.78, 5) is 17.0. The Hall–Kier alpha value is -2.21. The number of anilines is 1. The van der Waals surface area contributed by atoms with Gasteiger partial charge in [0.25, 0.3) is 0 Å². The molecular formula is C19H27N5O. The number of nitrogens with zero attached hydrogens (tertiary/aromatic N) is 3. The van der Waals surface area contributed by atoms with Crippen molar-refractivity contribution in [2.24, 2.45) is 7.05 Å². The van der Waals surface area contributed by atoms with Crippen LogP contribution in [-0.2, 0) is 11.8 Å². The third kappa shape index (κ3) is 4.25. The van der Waals surface area contributed by atoms with E-state index >= 15 is 0 Å². The van der Waals surface area contributed by atoms with Crippen molar-refractivity contribution in [1.82, 2.24) is 20.1 Å². The SMILES string of the molecule is Cc1ccccc1C(C)CC(=O)Nc1nc(C2CCNCC2)nn1C. The predicted molar refractivity (Wildman–Crippen MR) is 98.7 cm³/mol. The summed E-state index contributed by atoms with van der Waals surface area (Å²) in [5, 5.41) is 10.8. The Balaban J connectivity index is 1.63. The van der Waals surface area contributed by atoms with Crippen molar-refractivity contribution in [3.63, 3.8) is 0 Å². The topological polar surface area (TPSA) is 71.8 Å². The minimum atomic E-state index is -0.0249. The van der Waals surface area contributed by atoms with Gasteiger partial charge in [0.15, 0.2) is 5.82 Å². The van der Waals surface area contributed by atoms with E-state index in [1.165, 1.54) is 11.1 Å². The van der Waals surface area contributed by atoms with E-state index in [0.717, 1.165) is 31.8 Å². The first-order valence-electron chi connectivity index (χ1n) is 9.01. The second kappa shape index (κ2) is 7.78. The minimum absolute atomic E-state index is 0.0249. The molecule has 2 heterocycles. The lowest BCUT2D eigenvalue weighted by molar-refractivity contribution is -0.116. The number of amides is 1. The van der Waals surface area contributed by atoms with Crippen molar-refractivity contribution in [3.05, 3.63) is 41.2 Å². The highest BCUT2D eigenvalue weighted by molar-refractivity contribution is 5.89. The number of hydrogen-bond acceptors (Lipinski definition) is 4. The number of hydrogen-bond donors (Lipinski definition) is 2. The van der Waals surface area contributed by atoms with Gasteiger partial charge in [0, 0.05) is 19.4 Å². The molecule has 2 aromatic rings. The maximum atomic E-state index is 12.4. The zero-order chi connectivity index (χ0) is 17.8. The first-order valence-corrected chi connectivity index (χ1v) is 9.01. The summed E-state index contributed by atoms with van der Waals surface area (Å²) in [6.45, 7) is 6.16. The van der Waals surface area contributed by atoms with Gasteiger partial charge in [0.2, 0.25) is 11.9 Å². The van der Waals surface area contributed by atoms with Crippen LogP contribution in [0.15, 0.2) is 24.3 Å². The average Bonchev–Trinajstić information content (AvgIpc) is 2.96. The van der Waals surface area contributed by atoms with Crippen LogP contribution in [-0.4, -0.2) is 33.8 Å². The third-order valence-electron chi connectivity index (χ3n) is 4.95. The monoisotopic (exact) mass is 341 g/mol. The molecule has 6 heteroatoms. The Morgan fingerprint density at radius 3 is 2.80 bits per heavy atom. The number of carbonyl (C=O) groups excluding carboxylic acids is 1. The Morgan fingerprint density at radius 2 is 2.08 bits per heavy atom. The number of nitrogens with one attached hydrogen (secondary N) is 2. The molecule has 1 amide bonds. The predicted octanol–water partition coefficient (Wildman–Crippen LogP) is 2.72. The molecule has 1 fully saturated rings. The van der Waals surface area contributed by atoms with Gasteiger partial charge in [-0.05, 0) is 49.9 Å². The molecular weight excluding hydrogens is 314 g/mol. The molecule has 0 radical (unpaired) electrons. The molecule has 1 aromatic carbocycles. The van der Waals surface area contributed by atoms with Crippen molar-refractivity contribution in [1.29, 1.82) is 0 Å². The molecule has 1 saturated heterocycles. The van der Waals surface area contributed by atoms with Gasteiger partial charge in [0.1, 0.15) is 0 Å². The van der Waals surface area contributed by atoms with Crippen LogP contribution in [0.5, 0.6) is 0 Å². The molecule has 1 aromatic heterocycles. The number of rotatable bonds is 5. The molecule has 1 aliphatic rings. The molecule has 3 rings (SSSR count). The first kappa shape index (κ1) is 17.6. The van der Waals surface area contributed by atoms with E-state index in [1.54, 1.807) is 4.68 Å². The lowest BCUT2D eigenvalue weighted by atomic mass is 9.93. The zero-order valence-electron chi connectivity index (χ0n) is 15.2. The molecule has 1 aliphatic heterocycles. The fourth-order valence-electron chi connectivity index (χ4n) is 3.47. The molecule has 0 bridgehead atoms. The quantitative estimate of drug-likeness (QED) is 0.877. The van der Waals surface area contributed by atoms with Crippen molar-refractivity contribution in [2.75, 3.05) is 18.4 Å². The lowest BCUT2D eigenvalue weighted by Crippen LogP contribution is -2.27. The molecule has 6 nitrogen and oxygen atoms in total. The molecule has 0 aliphatic carbocycles. The summed E-state index contributed by atoms with van der Waals surface area (Å²) in [6, 6.07) is 8.21. The third-order valence-corrected chi connectivity index (χ3v) is 4.95. The van der Waals surface area contributed by atoms with Crippen LogP contribution < -0.4 is 10.6 Å². The molecule has 1 atom stereocenters. The smallest absolute Gasteiger partial charge is 0.227 e. The van der Waals surface area contributed by atoms with Crippen LogP contribution in [0.3, 0.4) is 0 Å². The maximum absolute atomic E-state index is 12.4. The summed E-state index contributed by atoms with van der Waals surface area (Å²) < 4.78 is 1.67. The van der Waals surface area contributed by atoms with Crippen LogP contribution in [0.4, 0.5) is 5.95 Å². The number of aryl methyl sites for hydroxylation is 2. The maximum Gasteiger partial charge on any atom is 0.227 e. The Bertz CT molecular complexity index is 733. The van der Waals surface area contributed by atoms with Gasteiger partial charge in [0.05, 0.1) is 0 Å². The van der Waals surface area contributed by atoms with Gasteiger partial charge >= 0.3 is 0 Å². The van der Waals surface area contributed by atoms with Crippen LogP contribution in [0, 0.1) is 6.92 Å². The van der Waals surface area contributed by atoms with Gasteiger partial charge < -0.3 is 5.32 Å². The summed E-state index contributed by atoms with van der Waals surface area (Å²) in [5.74, 6) is 1.90. The second-order valence-electron chi connectivity index (χ2n) is 6.95. The lowest BCUT2D eigenvalue weighted by Gasteiger charge is -2.19. The zero-order valence-corrected chi connectivity index (χ0v) is 15.2. The van der Waals surface area contributed by atoms with Crippen molar-refractivity contribution >= 4 is 11.9 Å². The van der Waals surface area contributed by atoms with E-state index in [1.807, 2.05) is 19.2 Å². The number of carbonyl (C=O) groups is 1. The highest BCUT2D eigenvalue weighted by Gasteiger charge is 2.22. The van der Waals surface area contributed by atoms with E-state index < -0.39 is 0 Å². The first-order chi connectivity index (χ1) is 12.0. The van der Waals surface area contributed by atoms with Gasteiger partial charge in [-0.3, -0.25) is 10.1 Å². The van der Waals surface area contributed by atoms with Crippen LogP contribution in [0.2, 0.25) is 0 Å². The largest absolute Gasteiger partial charge is 0.317 e. The molecule has 2 N–H and O–H groups in total. The fourth-order valence-corrected chi connectivity index (χ4v) is 3.47. The summed E-state index contributed by atoms with van der Waals surface area (Å²) in [5.41, 5.74) is 2.43. The summed E-state index contributed by atoms with van der Waals surface area (Å²) >= 11 is 0. The average molecular weight is 341 g/mol. The Morgan fingerprint density at radius 1 is 1.36 bits per heavy atom. The summed E-state index contributed by atoms with van der Waals surface area (Å²) in [6.07, 6.45) is 2.52. The van der Waals surface area contributed by atoms with Crippen LogP contribution in [0.1, 0.15) is 55.0 Å². The van der Waals surface area contributed by atoms with E-state index in [4.69, 9.17) is 0 Å². The van der Waals surface area contributed by atoms with E-state index in [0.29, 0.717) is 18.3 Å². The number of benzene rings is 1. The normalized spacial score (nSPS) is 16.6. The fraction of sp³-hybridized carbons (Fsp3) is 0.526. The second-order valence-corrected chi connectivity index (χ2v) is 6.95. The van der Waals surface area contributed by atoms with Crippen LogP contribution in [0.25, 0.3) is 0 Å². The Labute approximate surface area is 149 Å². The number of aromatic nitrogens is 3. The molecule has 0 saturated carbocycles. The number of piperidine rings is 1. The standard InChI is InChI=1S/C19H27N5O/c1-13-6-4-5-7-16(13)14(2)12-17(25)21-19-22-18(23-24(19)3)15-8-10-20-11-9-15/h4-7,14-15,20H,8-12H2,1-3H3,(H,21,22,23,25).